The Hall–Kier alpha value is -3.11. The summed E-state index contributed by atoms with van der Waals surface area (Å²) in [5, 5.41) is 3.80. The molecular formula is C24H22ClN3O. The minimum Gasteiger partial charge on any atom is -0.342 e. The predicted octanol–water partition coefficient (Wildman–Crippen LogP) is 5.54. The van der Waals surface area contributed by atoms with Gasteiger partial charge >= 0.3 is 0 Å². The molecule has 0 saturated heterocycles. The molecule has 1 aromatic heterocycles. The van der Waals surface area contributed by atoms with E-state index in [0.29, 0.717) is 17.1 Å². The third-order valence-electron chi connectivity index (χ3n) is 4.99. The highest BCUT2D eigenvalue weighted by Crippen LogP contribution is 2.25. The first-order valence-electron chi connectivity index (χ1n) is 9.59. The van der Waals surface area contributed by atoms with Crippen LogP contribution in [0, 0.1) is 6.92 Å². The third-order valence-corrected chi connectivity index (χ3v) is 5.35. The topological polar surface area (TPSA) is 46.9 Å². The summed E-state index contributed by atoms with van der Waals surface area (Å²) in [6.07, 6.45) is 0. The van der Waals surface area contributed by atoms with E-state index in [2.05, 4.69) is 9.88 Å². The number of fused-ring (bicyclic) bond motifs is 1. The van der Waals surface area contributed by atoms with Gasteiger partial charge in [0, 0.05) is 10.6 Å². The fourth-order valence-corrected chi connectivity index (χ4v) is 3.71. The SMILES string of the molecule is Cc1cccc(C(=O)NC(C)c2nc3ccccc3n2Cc2ccccc2Cl)c1. The first-order chi connectivity index (χ1) is 14.0. The van der Waals surface area contributed by atoms with Crippen LogP contribution in [0.3, 0.4) is 0 Å². The molecule has 0 aliphatic carbocycles. The fourth-order valence-electron chi connectivity index (χ4n) is 3.52. The second-order valence-corrected chi connectivity index (χ2v) is 7.61. The molecule has 1 heterocycles. The van der Waals surface area contributed by atoms with E-state index in [0.717, 1.165) is 28.0 Å². The van der Waals surface area contributed by atoms with Crippen LogP contribution in [0.2, 0.25) is 5.02 Å². The molecule has 0 radical (unpaired) electrons. The Bertz CT molecular complexity index is 1180. The Morgan fingerprint density at radius 3 is 2.62 bits per heavy atom. The van der Waals surface area contributed by atoms with Gasteiger partial charge in [-0.1, -0.05) is 59.6 Å². The van der Waals surface area contributed by atoms with Gasteiger partial charge in [0.15, 0.2) is 0 Å². The Labute approximate surface area is 175 Å². The van der Waals surface area contributed by atoms with E-state index in [9.17, 15) is 4.79 Å². The molecule has 0 aliphatic rings. The number of nitrogens with zero attached hydrogens (tertiary/aromatic N) is 2. The van der Waals surface area contributed by atoms with Gasteiger partial charge in [0.2, 0.25) is 0 Å². The molecule has 1 N–H and O–H groups in total. The Kier molecular flexibility index (Phi) is 5.36. The van der Waals surface area contributed by atoms with Crippen molar-refractivity contribution in [1.29, 1.82) is 0 Å². The molecule has 1 unspecified atom stereocenters. The molecule has 0 bridgehead atoms. The number of para-hydroxylation sites is 2. The van der Waals surface area contributed by atoms with E-state index < -0.39 is 0 Å². The molecule has 0 saturated carbocycles. The largest absolute Gasteiger partial charge is 0.342 e. The number of carbonyl (C=O) groups is 1. The number of imidazole rings is 1. The highest BCUT2D eigenvalue weighted by molar-refractivity contribution is 6.31. The van der Waals surface area contributed by atoms with Gasteiger partial charge in [0.1, 0.15) is 5.82 Å². The van der Waals surface area contributed by atoms with Gasteiger partial charge < -0.3 is 9.88 Å². The lowest BCUT2D eigenvalue weighted by atomic mass is 10.1. The molecule has 0 aliphatic heterocycles. The van der Waals surface area contributed by atoms with Gasteiger partial charge in [0.25, 0.3) is 5.91 Å². The van der Waals surface area contributed by atoms with Crippen molar-refractivity contribution in [1.82, 2.24) is 14.9 Å². The van der Waals surface area contributed by atoms with Crippen molar-refractivity contribution in [2.45, 2.75) is 26.4 Å². The van der Waals surface area contributed by atoms with E-state index in [1.54, 1.807) is 0 Å². The maximum absolute atomic E-state index is 12.8. The van der Waals surface area contributed by atoms with E-state index in [4.69, 9.17) is 16.6 Å². The van der Waals surface area contributed by atoms with Crippen molar-refractivity contribution in [2.75, 3.05) is 0 Å². The number of amides is 1. The molecule has 1 amide bonds. The van der Waals surface area contributed by atoms with E-state index in [-0.39, 0.29) is 11.9 Å². The van der Waals surface area contributed by atoms with Crippen LogP contribution in [-0.2, 0) is 6.54 Å². The van der Waals surface area contributed by atoms with Crippen molar-refractivity contribution >= 4 is 28.5 Å². The molecule has 3 aromatic carbocycles. The fraction of sp³-hybridized carbons (Fsp3) is 0.167. The number of carbonyl (C=O) groups excluding carboxylic acids is 1. The van der Waals surface area contributed by atoms with Gasteiger partial charge in [-0.2, -0.15) is 0 Å². The molecule has 4 nitrogen and oxygen atoms in total. The molecule has 4 aromatic rings. The van der Waals surface area contributed by atoms with E-state index in [1.165, 1.54) is 0 Å². The van der Waals surface area contributed by atoms with Gasteiger partial charge in [0.05, 0.1) is 23.6 Å². The lowest BCUT2D eigenvalue weighted by Crippen LogP contribution is -2.29. The first-order valence-corrected chi connectivity index (χ1v) is 9.97. The van der Waals surface area contributed by atoms with Crippen LogP contribution in [0.4, 0.5) is 0 Å². The van der Waals surface area contributed by atoms with E-state index >= 15 is 0 Å². The van der Waals surface area contributed by atoms with Crippen molar-refractivity contribution in [2.24, 2.45) is 0 Å². The summed E-state index contributed by atoms with van der Waals surface area (Å²) in [5.41, 5.74) is 4.61. The number of benzene rings is 3. The Morgan fingerprint density at radius 1 is 1.07 bits per heavy atom. The summed E-state index contributed by atoms with van der Waals surface area (Å²) in [6.45, 7) is 4.52. The maximum Gasteiger partial charge on any atom is 0.251 e. The summed E-state index contributed by atoms with van der Waals surface area (Å²) >= 11 is 6.40. The highest BCUT2D eigenvalue weighted by Gasteiger charge is 2.19. The number of hydrogen-bond donors (Lipinski definition) is 1. The lowest BCUT2D eigenvalue weighted by molar-refractivity contribution is 0.0937. The second kappa shape index (κ2) is 8.10. The van der Waals surface area contributed by atoms with Crippen LogP contribution in [0.1, 0.15) is 40.3 Å². The zero-order chi connectivity index (χ0) is 20.4. The van der Waals surface area contributed by atoms with Crippen LogP contribution in [0.15, 0.2) is 72.8 Å². The van der Waals surface area contributed by atoms with Crippen molar-refractivity contribution in [3.63, 3.8) is 0 Å². The van der Waals surface area contributed by atoms with Crippen molar-refractivity contribution < 1.29 is 4.79 Å². The van der Waals surface area contributed by atoms with Crippen molar-refractivity contribution in [3.05, 3.63) is 100 Å². The Balaban J connectivity index is 1.69. The zero-order valence-corrected chi connectivity index (χ0v) is 17.1. The quantitative estimate of drug-likeness (QED) is 0.475. The second-order valence-electron chi connectivity index (χ2n) is 7.20. The normalized spacial score (nSPS) is 12.1. The molecule has 0 spiro atoms. The number of halogens is 1. The van der Waals surface area contributed by atoms with Gasteiger partial charge in [-0.05, 0) is 49.7 Å². The Morgan fingerprint density at radius 2 is 1.83 bits per heavy atom. The van der Waals surface area contributed by atoms with Crippen LogP contribution in [0.5, 0.6) is 0 Å². The summed E-state index contributed by atoms with van der Waals surface area (Å²) in [4.78, 5) is 17.6. The average Bonchev–Trinajstić information content (AvgIpc) is 3.08. The highest BCUT2D eigenvalue weighted by atomic mass is 35.5. The van der Waals surface area contributed by atoms with Crippen LogP contribution < -0.4 is 5.32 Å². The smallest absolute Gasteiger partial charge is 0.251 e. The minimum absolute atomic E-state index is 0.113. The van der Waals surface area contributed by atoms with E-state index in [1.807, 2.05) is 86.6 Å². The molecule has 146 valence electrons. The number of aryl methyl sites for hydroxylation is 1. The van der Waals surface area contributed by atoms with Gasteiger partial charge in [-0.25, -0.2) is 4.98 Å². The number of hydrogen-bond acceptors (Lipinski definition) is 2. The minimum atomic E-state index is -0.266. The predicted molar refractivity (Wildman–Crippen MR) is 117 cm³/mol. The molecular weight excluding hydrogens is 382 g/mol. The summed E-state index contributed by atoms with van der Waals surface area (Å²) < 4.78 is 2.12. The molecule has 1 atom stereocenters. The van der Waals surface area contributed by atoms with Crippen LogP contribution in [0.25, 0.3) is 11.0 Å². The standard InChI is InChI=1S/C24H22ClN3O/c1-16-8-7-10-18(14-16)24(29)26-17(2)23-27-21-12-5-6-13-22(21)28(23)15-19-9-3-4-11-20(19)25/h3-14,17H,15H2,1-2H3,(H,26,29). The van der Waals surface area contributed by atoms with Gasteiger partial charge in [-0.3, -0.25) is 4.79 Å². The van der Waals surface area contributed by atoms with Gasteiger partial charge in [-0.15, -0.1) is 0 Å². The summed E-state index contributed by atoms with van der Waals surface area (Å²) in [5.74, 6) is 0.685. The monoisotopic (exact) mass is 403 g/mol. The average molecular weight is 404 g/mol. The van der Waals surface area contributed by atoms with Crippen LogP contribution >= 0.6 is 11.6 Å². The molecule has 0 fully saturated rings. The number of nitrogens with one attached hydrogen (secondary N) is 1. The van der Waals surface area contributed by atoms with Crippen LogP contribution in [-0.4, -0.2) is 15.5 Å². The molecule has 5 heteroatoms. The molecule has 29 heavy (non-hydrogen) atoms. The zero-order valence-electron chi connectivity index (χ0n) is 16.4. The summed E-state index contributed by atoms with van der Waals surface area (Å²) in [6, 6.07) is 23.1. The number of rotatable bonds is 5. The van der Waals surface area contributed by atoms with Crippen molar-refractivity contribution in [3.8, 4) is 0 Å². The third kappa shape index (κ3) is 4.03. The first kappa shape index (κ1) is 19.2. The lowest BCUT2D eigenvalue weighted by Gasteiger charge is -2.17. The molecule has 4 rings (SSSR count). The summed E-state index contributed by atoms with van der Waals surface area (Å²) in [7, 11) is 0. The maximum atomic E-state index is 12.8. The number of aromatic nitrogens is 2.